The average Bonchev–Trinajstić information content (AvgIpc) is 2.39. The smallest absolute Gasteiger partial charge is 0.248 e. The molecule has 0 saturated heterocycles. The van der Waals surface area contributed by atoms with Crippen LogP contribution in [0.4, 0.5) is 0 Å². The van der Waals surface area contributed by atoms with Crippen LogP contribution in [0, 0.1) is 0 Å². The van der Waals surface area contributed by atoms with Gasteiger partial charge >= 0.3 is 0 Å². The molecule has 0 saturated carbocycles. The van der Waals surface area contributed by atoms with Gasteiger partial charge in [-0.15, -0.1) is 24.0 Å². The molecule has 0 bridgehead atoms. The third-order valence-corrected chi connectivity index (χ3v) is 2.46. The summed E-state index contributed by atoms with van der Waals surface area (Å²) in [5, 5.41) is 6.38. The average molecular weight is 376 g/mol. The topological polar surface area (TPSA) is 79.5 Å². The molecule has 0 aromatic heterocycles. The lowest BCUT2D eigenvalue weighted by molar-refractivity contribution is 0.100. The number of nitrogens with one attached hydrogen (secondary N) is 2. The van der Waals surface area contributed by atoms with E-state index < -0.39 is 5.91 Å². The van der Waals surface area contributed by atoms with Gasteiger partial charge in [-0.3, -0.25) is 9.79 Å². The zero-order valence-corrected chi connectivity index (χ0v) is 13.6. The predicted octanol–water partition coefficient (Wildman–Crippen LogP) is 1.48. The lowest BCUT2D eigenvalue weighted by atomic mass is 10.1. The number of halogens is 1. The van der Waals surface area contributed by atoms with Crippen LogP contribution in [0.1, 0.15) is 29.3 Å². The number of nitrogens with zero attached hydrogens (tertiary/aromatic N) is 1. The summed E-state index contributed by atoms with van der Waals surface area (Å²) in [6.45, 7) is 3.64. The van der Waals surface area contributed by atoms with Gasteiger partial charge in [0.05, 0.1) is 0 Å². The van der Waals surface area contributed by atoms with Crippen LogP contribution in [0.3, 0.4) is 0 Å². The molecule has 0 spiro atoms. The first-order valence-electron chi connectivity index (χ1n) is 6.00. The summed E-state index contributed by atoms with van der Waals surface area (Å²) in [5.74, 6) is 0.366. The van der Waals surface area contributed by atoms with Gasteiger partial charge in [-0.05, 0) is 24.1 Å². The first-order valence-corrected chi connectivity index (χ1v) is 6.00. The predicted molar refractivity (Wildman–Crippen MR) is 88.9 cm³/mol. The molecule has 0 unspecified atom stereocenters. The number of aliphatic imine (C=N–C) groups is 1. The van der Waals surface area contributed by atoms with E-state index in [0.29, 0.717) is 12.1 Å². The normalized spacial score (nSPS) is 10.5. The van der Waals surface area contributed by atoms with E-state index in [9.17, 15) is 4.79 Å². The van der Waals surface area contributed by atoms with Gasteiger partial charge in [-0.25, -0.2) is 0 Å². The van der Waals surface area contributed by atoms with Crippen molar-refractivity contribution in [2.75, 3.05) is 13.6 Å². The van der Waals surface area contributed by atoms with Crippen molar-refractivity contribution in [2.24, 2.45) is 10.7 Å². The minimum Gasteiger partial charge on any atom is -0.366 e. The molecule has 0 atom stereocenters. The molecule has 0 aliphatic heterocycles. The molecule has 0 aliphatic carbocycles. The largest absolute Gasteiger partial charge is 0.366 e. The third kappa shape index (κ3) is 6.42. The number of carbonyl (C=O) groups is 1. The van der Waals surface area contributed by atoms with Gasteiger partial charge in [-0.2, -0.15) is 0 Å². The summed E-state index contributed by atoms with van der Waals surface area (Å²) in [6, 6.07) is 7.20. The Labute approximate surface area is 131 Å². The standard InChI is InChI=1S/C13H20N4O.HI/c1-3-8-16-13(15-2)17-9-10-4-6-11(7-5-10)12(14)18;/h4-7H,3,8-9H2,1-2H3,(H2,14,18)(H2,15,16,17);1H. The monoisotopic (exact) mass is 376 g/mol. The van der Waals surface area contributed by atoms with Crippen molar-refractivity contribution in [3.63, 3.8) is 0 Å². The van der Waals surface area contributed by atoms with Crippen molar-refractivity contribution in [1.82, 2.24) is 10.6 Å². The van der Waals surface area contributed by atoms with E-state index in [1.54, 1.807) is 19.2 Å². The molecule has 1 aromatic carbocycles. The van der Waals surface area contributed by atoms with Crippen LogP contribution < -0.4 is 16.4 Å². The van der Waals surface area contributed by atoms with Crippen LogP contribution in [0.5, 0.6) is 0 Å². The Morgan fingerprint density at radius 1 is 1.26 bits per heavy atom. The van der Waals surface area contributed by atoms with E-state index in [0.717, 1.165) is 24.5 Å². The zero-order valence-electron chi connectivity index (χ0n) is 11.3. The fraction of sp³-hybridized carbons (Fsp3) is 0.385. The van der Waals surface area contributed by atoms with Crippen LogP contribution in [0.2, 0.25) is 0 Å². The summed E-state index contributed by atoms with van der Waals surface area (Å²) < 4.78 is 0. The lowest BCUT2D eigenvalue weighted by Gasteiger charge is -2.11. The molecule has 0 aliphatic rings. The quantitative estimate of drug-likeness (QED) is 0.414. The maximum atomic E-state index is 10.9. The third-order valence-electron chi connectivity index (χ3n) is 2.46. The fourth-order valence-electron chi connectivity index (χ4n) is 1.44. The van der Waals surface area contributed by atoms with Crippen molar-refractivity contribution in [3.8, 4) is 0 Å². The van der Waals surface area contributed by atoms with E-state index >= 15 is 0 Å². The molecular weight excluding hydrogens is 355 g/mol. The number of guanidine groups is 1. The molecule has 19 heavy (non-hydrogen) atoms. The highest BCUT2D eigenvalue weighted by atomic mass is 127. The van der Waals surface area contributed by atoms with Gasteiger partial charge < -0.3 is 16.4 Å². The van der Waals surface area contributed by atoms with Gasteiger partial charge in [0.25, 0.3) is 0 Å². The Hall–Kier alpha value is -1.31. The summed E-state index contributed by atoms with van der Waals surface area (Å²) in [6.07, 6.45) is 1.05. The maximum Gasteiger partial charge on any atom is 0.248 e. The van der Waals surface area contributed by atoms with Crippen molar-refractivity contribution in [2.45, 2.75) is 19.9 Å². The number of rotatable bonds is 5. The SMILES string of the molecule is CCCNC(=NC)NCc1ccc(C(N)=O)cc1.I. The fourth-order valence-corrected chi connectivity index (χ4v) is 1.44. The number of nitrogens with two attached hydrogens (primary N) is 1. The van der Waals surface area contributed by atoms with Gasteiger partial charge in [0.2, 0.25) is 5.91 Å². The second kappa shape index (κ2) is 9.60. The van der Waals surface area contributed by atoms with Crippen LogP contribution in [0.15, 0.2) is 29.3 Å². The maximum absolute atomic E-state index is 10.9. The van der Waals surface area contributed by atoms with Crippen molar-refractivity contribution in [1.29, 1.82) is 0 Å². The molecule has 106 valence electrons. The zero-order chi connectivity index (χ0) is 13.4. The number of amides is 1. The number of hydrogen-bond donors (Lipinski definition) is 3. The highest BCUT2D eigenvalue weighted by Crippen LogP contribution is 2.03. The summed E-state index contributed by atoms with van der Waals surface area (Å²) in [5.41, 5.74) is 6.77. The van der Waals surface area contributed by atoms with Gasteiger partial charge in [0.15, 0.2) is 5.96 Å². The van der Waals surface area contributed by atoms with E-state index in [4.69, 9.17) is 5.73 Å². The first kappa shape index (κ1) is 17.7. The Kier molecular flexibility index (Phi) is 8.94. The molecule has 0 radical (unpaired) electrons. The number of benzene rings is 1. The molecule has 4 N–H and O–H groups in total. The molecule has 0 heterocycles. The van der Waals surface area contributed by atoms with Crippen molar-refractivity contribution >= 4 is 35.8 Å². The van der Waals surface area contributed by atoms with E-state index in [-0.39, 0.29) is 24.0 Å². The second-order valence-electron chi connectivity index (χ2n) is 3.91. The second-order valence-corrected chi connectivity index (χ2v) is 3.91. The van der Waals surface area contributed by atoms with E-state index in [1.165, 1.54) is 0 Å². The van der Waals surface area contributed by atoms with Crippen LogP contribution in [-0.4, -0.2) is 25.5 Å². The highest BCUT2D eigenvalue weighted by Gasteiger charge is 2.00. The van der Waals surface area contributed by atoms with Crippen molar-refractivity contribution < 1.29 is 4.79 Å². The highest BCUT2D eigenvalue weighted by molar-refractivity contribution is 14.0. The molecule has 1 rings (SSSR count). The molecular formula is C13H21IN4O. The summed E-state index contributed by atoms with van der Waals surface area (Å²) in [7, 11) is 1.74. The van der Waals surface area contributed by atoms with E-state index in [2.05, 4.69) is 22.5 Å². The molecule has 1 aromatic rings. The van der Waals surface area contributed by atoms with Crippen LogP contribution >= 0.6 is 24.0 Å². The Balaban J connectivity index is 0.00000324. The number of hydrogen-bond acceptors (Lipinski definition) is 2. The molecule has 6 heteroatoms. The summed E-state index contributed by atoms with van der Waals surface area (Å²) in [4.78, 5) is 15.0. The molecule has 0 fully saturated rings. The van der Waals surface area contributed by atoms with Crippen LogP contribution in [-0.2, 0) is 6.54 Å². The number of primary amides is 1. The van der Waals surface area contributed by atoms with Crippen LogP contribution in [0.25, 0.3) is 0 Å². The van der Waals surface area contributed by atoms with Crippen molar-refractivity contribution in [3.05, 3.63) is 35.4 Å². The van der Waals surface area contributed by atoms with E-state index in [1.807, 2.05) is 12.1 Å². The van der Waals surface area contributed by atoms with Gasteiger partial charge in [0.1, 0.15) is 0 Å². The number of carbonyl (C=O) groups excluding carboxylic acids is 1. The molecule has 1 amide bonds. The Morgan fingerprint density at radius 3 is 2.37 bits per heavy atom. The van der Waals surface area contributed by atoms with Gasteiger partial charge in [-0.1, -0.05) is 19.1 Å². The lowest BCUT2D eigenvalue weighted by Crippen LogP contribution is -2.37. The van der Waals surface area contributed by atoms with Gasteiger partial charge in [0, 0.05) is 25.7 Å². The summed E-state index contributed by atoms with van der Waals surface area (Å²) >= 11 is 0. The Morgan fingerprint density at radius 2 is 1.89 bits per heavy atom. The first-order chi connectivity index (χ1) is 8.67. The minimum absolute atomic E-state index is 0. The molecule has 5 nitrogen and oxygen atoms in total. The Bertz CT molecular complexity index is 417. The minimum atomic E-state index is -0.407.